The minimum atomic E-state index is -0.235. The summed E-state index contributed by atoms with van der Waals surface area (Å²) in [6, 6.07) is 10.1. The van der Waals surface area contributed by atoms with Gasteiger partial charge >= 0.3 is 0 Å². The van der Waals surface area contributed by atoms with Crippen LogP contribution in [-0.4, -0.2) is 12.6 Å². The molecule has 0 aliphatic rings. The first kappa shape index (κ1) is 9.67. The Morgan fingerprint density at radius 3 is 2.23 bits per heavy atom. The second-order valence-corrected chi connectivity index (χ2v) is 3.60. The van der Waals surface area contributed by atoms with Crippen LogP contribution < -0.4 is 4.90 Å². The fourth-order valence-electron chi connectivity index (χ4n) is 1.07. The monoisotopic (exact) mass is 173 g/mol. The van der Waals surface area contributed by atoms with Gasteiger partial charge in [-0.25, -0.2) is 0 Å². The zero-order valence-corrected chi connectivity index (χ0v) is 8.41. The molecule has 13 heavy (non-hydrogen) atoms. The molecule has 68 valence electrons. The van der Waals surface area contributed by atoms with Gasteiger partial charge in [-0.05, 0) is 26.0 Å². The van der Waals surface area contributed by atoms with E-state index in [0.29, 0.717) is 0 Å². The highest BCUT2D eigenvalue weighted by molar-refractivity contribution is 5.49. The van der Waals surface area contributed by atoms with E-state index in [9.17, 15) is 0 Å². The Morgan fingerprint density at radius 2 is 1.77 bits per heavy atom. The van der Waals surface area contributed by atoms with Crippen LogP contribution in [0.3, 0.4) is 0 Å². The molecule has 0 aliphatic heterocycles. The van der Waals surface area contributed by atoms with Crippen LogP contribution in [0.1, 0.15) is 13.8 Å². The average molecular weight is 173 g/mol. The van der Waals surface area contributed by atoms with Gasteiger partial charge in [0, 0.05) is 12.7 Å². The molecule has 0 radical (unpaired) electrons. The second-order valence-electron chi connectivity index (χ2n) is 3.60. The summed E-state index contributed by atoms with van der Waals surface area (Å²) in [4.78, 5) is 2.09. The highest BCUT2D eigenvalue weighted by Gasteiger charge is 2.19. The van der Waals surface area contributed by atoms with Gasteiger partial charge < -0.3 is 4.90 Å². The molecule has 1 nitrogen and oxygen atoms in total. The maximum atomic E-state index is 5.45. The standard InChI is InChI=1S/C12H15N/c1-5-12(2,3)13(4)11-9-7-6-8-10-11/h1,6-10H,2-4H3. The third kappa shape index (κ3) is 2.03. The first-order chi connectivity index (χ1) is 6.08. The number of benzene rings is 1. The summed E-state index contributed by atoms with van der Waals surface area (Å²) in [7, 11) is 2.01. The molecule has 0 atom stereocenters. The maximum Gasteiger partial charge on any atom is 0.0950 e. The number of rotatable bonds is 2. The fourth-order valence-corrected chi connectivity index (χ4v) is 1.07. The molecular formula is C12H15N. The van der Waals surface area contributed by atoms with Crippen molar-refractivity contribution in [2.45, 2.75) is 19.4 Å². The molecule has 1 heteroatoms. The summed E-state index contributed by atoms with van der Waals surface area (Å²) in [6.07, 6.45) is 5.45. The molecule has 0 bridgehead atoms. The predicted molar refractivity (Wildman–Crippen MR) is 57.8 cm³/mol. The van der Waals surface area contributed by atoms with Gasteiger partial charge in [0.25, 0.3) is 0 Å². The Hall–Kier alpha value is -1.42. The van der Waals surface area contributed by atoms with E-state index < -0.39 is 0 Å². The van der Waals surface area contributed by atoms with Crippen molar-refractivity contribution in [1.82, 2.24) is 0 Å². The topological polar surface area (TPSA) is 3.24 Å². The molecule has 0 fully saturated rings. The van der Waals surface area contributed by atoms with Gasteiger partial charge in [0.05, 0.1) is 5.54 Å². The van der Waals surface area contributed by atoms with Gasteiger partial charge in [-0.2, -0.15) is 0 Å². The molecule has 0 spiro atoms. The summed E-state index contributed by atoms with van der Waals surface area (Å²) in [6.45, 7) is 4.06. The number of para-hydroxylation sites is 1. The number of anilines is 1. The van der Waals surface area contributed by atoms with Crippen molar-refractivity contribution >= 4 is 5.69 Å². The van der Waals surface area contributed by atoms with E-state index in [1.54, 1.807) is 0 Å². The molecule has 0 amide bonds. The molecule has 1 aromatic rings. The minimum Gasteiger partial charge on any atom is -0.359 e. The van der Waals surface area contributed by atoms with Crippen LogP contribution >= 0.6 is 0 Å². The van der Waals surface area contributed by atoms with Gasteiger partial charge in [-0.1, -0.05) is 24.1 Å². The zero-order chi connectivity index (χ0) is 9.90. The van der Waals surface area contributed by atoms with Gasteiger partial charge in [0.1, 0.15) is 0 Å². The zero-order valence-electron chi connectivity index (χ0n) is 8.41. The smallest absolute Gasteiger partial charge is 0.0950 e. The molecule has 0 saturated carbocycles. The Morgan fingerprint density at radius 1 is 1.23 bits per heavy atom. The van der Waals surface area contributed by atoms with Gasteiger partial charge in [-0.3, -0.25) is 0 Å². The quantitative estimate of drug-likeness (QED) is 0.621. The summed E-state index contributed by atoms with van der Waals surface area (Å²) in [5, 5.41) is 0. The molecule has 0 heterocycles. The van der Waals surface area contributed by atoms with E-state index in [0.717, 1.165) is 5.69 Å². The van der Waals surface area contributed by atoms with Crippen LogP contribution in [-0.2, 0) is 0 Å². The van der Waals surface area contributed by atoms with Gasteiger partial charge in [0.15, 0.2) is 0 Å². The van der Waals surface area contributed by atoms with Crippen molar-refractivity contribution < 1.29 is 0 Å². The molecule has 0 unspecified atom stereocenters. The van der Waals surface area contributed by atoms with Crippen LogP contribution in [0.15, 0.2) is 30.3 Å². The van der Waals surface area contributed by atoms with E-state index in [-0.39, 0.29) is 5.54 Å². The normalized spacial score (nSPS) is 10.6. The van der Waals surface area contributed by atoms with E-state index in [1.807, 2.05) is 39.1 Å². The largest absolute Gasteiger partial charge is 0.359 e. The van der Waals surface area contributed by atoms with Crippen molar-refractivity contribution in [3.63, 3.8) is 0 Å². The lowest BCUT2D eigenvalue weighted by molar-refractivity contribution is 0.626. The third-order valence-corrected chi connectivity index (χ3v) is 2.34. The minimum absolute atomic E-state index is 0.235. The SMILES string of the molecule is C#CC(C)(C)N(C)c1ccccc1. The molecule has 1 aromatic carbocycles. The predicted octanol–water partition coefficient (Wildman–Crippen LogP) is 2.53. The first-order valence-electron chi connectivity index (χ1n) is 4.34. The number of hydrogen-bond donors (Lipinski definition) is 0. The Kier molecular flexibility index (Phi) is 2.63. The number of terminal acetylenes is 1. The third-order valence-electron chi connectivity index (χ3n) is 2.34. The lowest BCUT2D eigenvalue weighted by Gasteiger charge is -2.32. The molecule has 1 rings (SSSR count). The number of hydrogen-bond acceptors (Lipinski definition) is 1. The van der Waals surface area contributed by atoms with Crippen molar-refractivity contribution in [1.29, 1.82) is 0 Å². The summed E-state index contributed by atoms with van der Waals surface area (Å²) in [5.41, 5.74) is 0.909. The van der Waals surface area contributed by atoms with E-state index in [4.69, 9.17) is 6.42 Å². The average Bonchev–Trinajstić information content (AvgIpc) is 2.18. The maximum absolute atomic E-state index is 5.45. The molecule has 0 aromatic heterocycles. The van der Waals surface area contributed by atoms with Crippen LogP contribution in [0.4, 0.5) is 5.69 Å². The molecular weight excluding hydrogens is 158 g/mol. The van der Waals surface area contributed by atoms with Crippen LogP contribution in [0.2, 0.25) is 0 Å². The van der Waals surface area contributed by atoms with Crippen LogP contribution in [0, 0.1) is 12.3 Å². The van der Waals surface area contributed by atoms with E-state index in [2.05, 4.69) is 23.0 Å². The summed E-state index contributed by atoms with van der Waals surface area (Å²) in [5.74, 6) is 2.77. The first-order valence-corrected chi connectivity index (χ1v) is 4.34. The Bertz CT molecular complexity index is 306. The highest BCUT2D eigenvalue weighted by Crippen LogP contribution is 2.20. The van der Waals surface area contributed by atoms with Crippen LogP contribution in [0.25, 0.3) is 0 Å². The van der Waals surface area contributed by atoms with Gasteiger partial charge in [0.2, 0.25) is 0 Å². The Labute approximate surface area is 80.4 Å². The highest BCUT2D eigenvalue weighted by atomic mass is 15.2. The van der Waals surface area contributed by atoms with Crippen molar-refractivity contribution in [2.75, 3.05) is 11.9 Å². The van der Waals surface area contributed by atoms with Crippen molar-refractivity contribution in [2.24, 2.45) is 0 Å². The molecule has 0 N–H and O–H groups in total. The molecule has 0 aliphatic carbocycles. The van der Waals surface area contributed by atoms with Crippen molar-refractivity contribution in [3.8, 4) is 12.3 Å². The number of nitrogens with zero attached hydrogens (tertiary/aromatic N) is 1. The fraction of sp³-hybridized carbons (Fsp3) is 0.333. The second kappa shape index (κ2) is 3.53. The van der Waals surface area contributed by atoms with Crippen molar-refractivity contribution in [3.05, 3.63) is 30.3 Å². The van der Waals surface area contributed by atoms with E-state index >= 15 is 0 Å². The molecule has 0 saturated heterocycles. The lowest BCUT2D eigenvalue weighted by Crippen LogP contribution is -2.39. The summed E-state index contributed by atoms with van der Waals surface area (Å²) >= 11 is 0. The summed E-state index contributed by atoms with van der Waals surface area (Å²) < 4.78 is 0. The lowest BCUT2D eigenvalue weighted by atomic mass is 10.0. The van der Waals surface area contributed by atoms with E-state index in [1.165, 1.54) is 0 Å². The van der Waals surface area contributed by atoms with Crippen LogP contribution in [0.5, 0.6) is 0 Å². The van der Waals surface area contributed by atoms with Gasteiger partial charge in [-0.15, -0.1) is 6.42 Å². The Balaban J connectivity index is 2.94.